The molecular weight excluding hydrogens is 643 g/mol. The Bertz CT molecular complexity index is 2780. The largest absolute Gasteiger partial charge is 0.208 e. The molecule has 0 N–H and O–H groups in total. The van der Waals surface area contributed by atoms with Gasteiger partial charge in [0.25, 0.3) is 0 Å². The fourth-order valence-corrected chi connectivity index (χ4v) is 8.32. The SMILES string of the molecule is CC1(C)c2ccccc2-c2ccc(-c3c(-c4ccc(-c5nc(-c6ccccc6)nc(-c6ccccc6)n5)cc4)c4ccccc4c4ccccc34)cc21. The van der Waals surface area contributed by atoms with E-state index in [0.29, 0.717) is 17.5 Å². The first-order valence-electron chi connectivity index (χ1n) is 18.2. The maximum atomic E-state index is 5.00. The molecule has 250 valence electrons. The molecule has 0 bridgehead atoms. The van der Waals surface area contributed by atoms with Crippen LogP contribution in [0.2, 0.25) is 0 Å². The highest BCUT2D eigenvalue weighted by atomic mass is 15.0. The number of hydrogen-bond acceptors (Lipinski definition) is 3. The Kier molecular flexibility index (Phi) is 7.16. The maximum absolute atomic E-state index is 5.00. The molecule has 0 amide bonds. The first-order chi connectivity index (χ1) is 26.0. The van der Waals surface area contributed by atoms with E-state index in [0.717, 1.165) is 22.3 Å². The summed E-state index contributed by atoms with van der Waals surface area (Å²) in [5.41, 5.74) is 13.0. The maximum Gasteiger partial charge on any atom is 0.164 e. The van der Waals surface area contributed by atoms with Gasteiger partial charge in [-0.15, -0.1) is 0 Å². The van der Waals surface area contributed by atoms with Crippen molar-refractivity contribution in [2.24, 2.45) is 0 Å². The van der Waals surface area contributed by atoms with Gasteiger partial charge in [0, 0.05) is 22.1 Å². The van der Waals surface area contributed by atoms with E-state index < -0.39 is 0 Å². The van der Waals surface area contributed by atoms with Crippen LogP contribution >= 0.6 is 0 Å². The summed E-state index contributed by atoms with van der Waals surface area (Å²) in [6.45, 7) is 4.71. The fraction of sp³-hybridized carbons (Fsp3) is 0.0600. The predicted molar refractivity (Wildman–Crippen MR) is 220 cm³/mol. The zero-order chi connectivity index (χ0) is 35.5. The Morgan fingerprint density at radius 1 is 0.321 bits per heavy atom. The van der Waals surface area contributed by atoms with E-state index in [9.17, 15) is 0 Å². The summed E-state index contributed by atoms with van der Waals surface area (Å²) >= 11 is 0. The number of aromatic nitrogens is 3. The Labute approximate surface area is 309 Å². The summed E-state index contributed by atoms with van der Waals surface area (Å²) in [6, 6.07) is 62.7. The lowest BCUT2D eigenvalue weighted by molar-refractivity contribution is 0.660. The Morgan fingerprint density at radius 2 is 0.717 bits per heavy atom. The molecule has 0 unspecified atom stereocenters. The first-order valence-corrected chi connectivity index (χ1v) is 18.2. The second-order valence-electron chi connectivity index (χ2n) is 14.4. The number of benzene rings is 8. The lowest BCUT2D eigenvalue weighted by Gasteiger charge is -2.23. The molecule has 0 fully saturated rings. The van der Waals surface area contributed by atoms with Crippen molar-refractivity contribution in [2.45, 2.75) is 19.3 Å². The van der Waals surface area contributed by atoms with E-state index in [1.165, 1.54) is 60.5 Å². The molecule has 3 nitrogen and oxygen atoms in total. The van der Waals surface area contributed by atoms with E-state index >= 15 is 0 Å². The first kappa shape index (κ1) is 31.1. The lowest BCUT2D eigenvalue weighted by Crippen LogP contribution is -2.14. The average molecular weight is 678 g/mol. The Balaban J connectivity index is 1.17. The summed E-state index contributed by atoms with van der Waals surface area (Å²) in [6.07, 6.45) is 0. The van der Waals surface area contributed by atoms with Crippen molar-refractivity contribution < 1.29 is 0 Å². The van der Waals surface area contributed by atoms with Crippen LogP contribution in [0.4, 0.5) is 0 Å². The second kappa shape index (κ2) is 12.2. The summed E-state index contributed by atoms with van der Waals surface area (Å²) in [5.74, 6) is 1.96. The van der Waals surface area contributed by atoms with Crippen LogP contribution in [-0.4, -0.2) is 15.0 Å². The summed E-state index contributed by atoms with van der Waals surface area (Å²) in [7, 11) is 0. The second-order valence-corrected chi connectivity index (χ2v) is 14.4. The van der Waals surface area contributed by atoms with Crippen molar-refractivity contribution >= 4 is 21.5 Å². The molecule has 1 aliphatic carbocycles. The average Bonchev–Trinajstić information content (AvgIpc) is 3.46. The van der Waals surface area contributed by atoms with Crippen molar-refractivity contribution in [3.8, 4) is 67.5 Å². The van der Waals surface area contributed by atoms with Gasteiger partial charge in [-0.3, -0.25) is 0 Å². The molecule has 0 radical (unpaired) electrons. The molecule has 0 saturated heterocycles. The van der Waals surface area contributed by atoms with Crippen molar-refractivity contribution in [1.82, 2.24) is 15.0 Å². The van der Waals surface area contributed by atoms with Crippen molar-refractivity contribution in [3.63, 3.8) is 0 Å². The number of fused-ring (bicyclic) bond motifs is 6. The van der Waals surface area contributed by atoms with Gasteiger partial charge >= 0.3 is 0 Å². The van der Waals surface area contributed by atoms with Gasteiger partial charge < -0.3 is 0 Å². The van der Waals surface area contributed by atoms with Gasteiger partial charge in [0.05, 0.1) is 0 Å². The van der Waals surface area contributed by atoms with Gasteiger partial charge in [0.15, 0.2) is 17.5 Å². The van der Waals surface area contributed by atoms with E-state index in [1.807, 2.05) is 60.7 Å². The van der Waals surface area contributed by atoms with Crippen molar-refractivity contribution in [3.05, 3.63) is 187 Å². The van der Waals surface area contributed by atoms with Gasteiger partial charge in [0.1, 0.15) is 0 Å². The molecule has 0 spiro atoms. The minimum atomic E-state index is -0.0991. The fourth-order valence-electron chi connectivity index (χ4n) is 8.32. The Hall–Kier alpha value is -6.71. The molecular formula is C50H35N3. The molecule has 1 aliphatic rings. The molecule has 1 aromatic heterocycles. The van der Waals surface area contributed by atoms with Crippen molar-refractivity contribution in [2.75, 3.05) is 0 Å². The standard InChI is InChI=1S/C50H35N3/c1-50(2)43-24-14-13-21-39(43)40-30-29-36(31-44(40)50)46-42-23-12-10-20-38(42)37-19-9-11-22-41(37)45(46)32-25-27-35(28-26-32)49-52-47(33-15-5-3-6-16-33)51-48(53-49)34-17-7-4-8-18-34/h3-31H,1-2H3. The third kappa shape index (κ3) is 5.08. The van der Waals surface area contributed by atoms with Gasteiger partial charge in [-0.1, -0.05) is 184 Å². The topological polar surface area (TPSA) is 38.7 Å². The van der Waals surface area contributed by atoms with E-state index in [4.69, 9.17) is 15.0 Å². The molecule has 0 aliphatic heterocycles. The van der Waals surface area contributed by atoms with Crippen LogP contribution in [0, 0.1) is 0 Å². The van der Waals surface area contributed by atoms with E-state index in [-0.39, 0.29) is 5.41 Å². The highest BCUT2D eigenvalue weighted by Crippen LogP contribution is 2.51. The van der Waals surface area contributed by atoms with Gasteiger partial charge in [0.2, 0.25) is 0 Å². The number of hydrogen-bond donors (Lipinski definition) is 0. The van der Waals surface area contributed by atoms with Crippen LogP contribution in [0.5, 0.6) is 0 Å². The molecule has 1 heterocycles. The van der Waals surface area contributed by atoms with Crippen LogP contribution in [0.3, 0.4) is 0 Å². The van der Waals surface area contributed by atoms with Crippen LogP contribution < -0.4 is 0 Å². The smallest absolute Gasteiger partial charge is 0.164 e. The number of rotatable bonds is 5. The normalized spacial score (nSPS) is 12.9. The lowest BCUT2D eigenvalue weighted by atomic mass is 9.80. The van der Waals surface area contributed by atoms with Gasteiger partial charge in [-0.25, -0.2) is 15.0 Å². The van der Waals surface area contributed by atoms with Gasteiger partial charge in [-0.2, -0.15) is 0 Å². The molecule has 10 rings (SSSR count). The third-order valence-electron chi connectivity index (χ3n) is 10.9. The van der Waals surface area contributed by atoms with Crippen LogP contribution in [0.15, 0.2) is 176 Å². The molecule has 8 aromatic carbocycles. The quantitative estimate of drug-likeness (QED) is 0.170. The predicted octanol–water partition coefficient (Wildman–Crippen LogP) is 12.8. The summed E-state index contributed by atoms with van der Waals surface area (Å²) in [5, 5.41) is 4.98. The molecule has 0 saturated carbocycles. The Morgan fingerprint density at radius 3 is 1.28 bits per heavy atom. The van der Waals surface area contributed by atoms with Crippen LogP contribution in [0.25, 0.3) is 89.1 Å². The van der Waals surface area contributed by atoms with E-state index in [1.54, 1.807) is 0 Å². The minimum Gasteiger partial charge on any atom is -0.208 e. The zero-order valence-corrected chi connectivity index (χ0v) is 29.6. The molecule has 3 heteroatoms. The minimum absolute atomic E-state index is 0.0991. The van der Waals surface area contributed by atoms with E-state index in [2.05, 4.69) is 129 Å². The number of nitrogens with zero attached hydrogens (tertiary/aromatic N) is 3. The molecule has 0 atom stereocenters. The highest BCUT2D eigenvalue weighted by molar-refractivity contribution is 6.21. The molecule has 9 aromatic rings. The van der Waals surface area contributed by atoms with Crippen LogP contribution in [0.1, 0.15) is 25.0 Å². The monoisotopic (exact) mass is 677 g/mol. The van der Waals surface area contributed by atoms with Crippen molar-refractivity contribution in [1.29, 1.82) is 0 Å². The van der Waals surface area contributed by atoms with Gasteiger partial charge in [-0.05, 0) is 72.1 Å². The zero-order valence-electron chi connectivity index (χ0n) is 29.6. The highest BCUT2D eigenvalue weighted by Gasteiger charge is 2.35. The third-order valence-corrected chi connectivity index (χ3v) is 10.9. The summed E-state index contributed by atoms with van der Waals surface area (Å²) < 4.78 is 0. The van der Waals surface area contributed by atoms with Crippen LogP contribution in [-0.2, 0) is 5.41 Å². The summed E-state index contributed by atoms with van der Waals surface area (Å²) in [4.78, 5) is 14.9. The molecule has 53 heavy (non-hydrogen) atoms.